The minimum Gasteiger partial charge on any atom is -0.288 e. The van der Waals surface area contributed by atoms with Gasteiger partial charge in [-0.15, -0.1) is 11.3 Å². The molecule has 0 aliphatic rings. The van der Waals surface area contributed by atoms with Gasteiger partial charge in [0.2, 0.25) is 5.78 Å². The Morgan fingerprint density at radius 1 is 1.21 bits per heavy atom. The summed E-state index contributed by atoms with van der Waals surface area (Å²) < 4.78 is 0. The minimum absolute atomic E-state index is 0.0798. The highest BCUT2D eigenvalue weighted by Gasteiger charge is 2.17. The predicted molar refractivity (Wildman–Crippen MR) is 78.9 cm³/mol. The molecule has 0 radical (unpaired) electrons. The summed E-state index contributed by atoms with van der Waals surface area (Å²) in [4.78, 5) is 17.9. The van der Waals surface area contributed by atoms with Gasteiger partial charge in [0.05, 0.1) is 10.4 Å². The summed E-state index contributed by atoms with van der Waals surface area (Å²) >= 11 is 1.51. The fourth-order valence-electron chi connectivity index (χ4n) is 2.22. The largest absolute Gasteiger partial charge is 0.288 e. The van der Waals surface area contributed by atoms with E-state index in [2.05, 4.69) is 11.9 Å². The molecule has 3 heteroatoms. The van der Waals surface area contributed by atoms with Crippen molar-refractivity contribution in [1.29, 1.82) is 0 Å². The van der Waals surface area contributed by atoms with E-state index in [9.17, 15) is 4.79 Å². The van der Waals surface area contributed by atoms with Gasteiger partial charge in [-0.1, -0.05) is 25.1 Å². The molecule has 3 aromatic rings. The Hall–Kier alpha value is -2.00. The molecule has 0 aliphatic carbocycles. The number of para-hydroxylation sites is 1. The standard InChI is InChI=1S/C16H13NOS/c1-2-11-8-10-19-16(11)15(18)13-7-3-5-12-6-4-9-17-14(12)13/h3-10H,2H2,1H3. The molecule has 0 saturated carbocycles. The molecule has 2 nitrogen and oxygen atoms in total. The molecule has 0 saturated heterocycles. The van der Waals surface area contributed by atoms with Crippen LogP contribution >= 0.6 is 11.3 Å². The smallest absolute Gasteiger partial charge is 0.205 e. The molecule has 19 heavy (non-hydrogen) atoms. The van der Waals surface area contributed by atoms with Gasteiger partial charge in [-0.3, -0.25) is 9.78 Å². The highest BCUT2D eigenvalue weighted by atomic mass is 32.1. The van der Waals surface area contributed by atoms with E-state index in [4.69, 9.17) is 0 Å². The number of hydrogen-bond acceptors (Lipinski definition) is 3. The van der Waals surface area contributed by atoms with Gasteiger partial charge in [0.15, 0.2) is 0 Å². The average molecular weight is 267 g/mol. The molecule has 3 rings (SSSR count). The van der Waals surface area contributed by atoms with Crippen molar-refractivity contribution in [2.45, 2.75) is 13.3 Å². The van der Waals surface area contributed by atoms with E-state index in [-0.39, 0.29) is 5.78 Å². The van der Waals surface area contributed by atoms with E-state index in [0.29, 0.717) is 5.56 Å². The number of rotatable bonds is 3. The lowest BCUT2D eigenvalue weighted by Gasteiger charge is -2.05. The third kappa shape index (κ3) is 2.06. The van der Waals surface area contributed by atoms with Crippen molar-refractivity contribution in [3.8, 4) is 0 Å². The van der Waals surface area contributed by atoms with Crippen LogP contribution in [-0.4, -0.2) is 10.8 Å². The van der Waals surface area contributed by atoms with Crippen LogP contribution in [0.3, 0.4) is 0 Å². The van der Waals surface area contributed by atoms with Crippen LogP contribution in [0.25, 0.3) is 10.9 Å². The number of aromatic nitrogens is 1. The molecule has 0 aliphatic heterocycles. The van der Waals surface area contributed by atoms with Crippen LogP contribution in [0.15, 0.2) is 48.0 Å². The fraction of sp³-hybridized carbons (Fsp3) is 0.125. The van der Waals surface area contributed by atoms with Crippen molar-refractivity contribution in [3.63, 3.8) is 0 Å². The maximum Gasteiger partial charge on any atom is 0.205 e. The van der Waals surface area contributed by atoms with Crippen LogP contribution in [-0.2, 0) is 6.42 Å². The molecule has 2 heterocycles. The lowest BCUT2D eigenvalue weighted by molar-refractivity contribution is 0.104. The topological polar surface area (TPSA) is 30.0 Å². The number of carbonyl (C=O) groups is 1. The first kappa shape index (κ1) is 12.1. The van der Waals surface area contributed by atoms with Crippen LogP contribution in [0.2, 0.25) is 0 Å². The van der Waals surface area contributed by atoms with E-state index in [1.54, 1.807) is 6.20 Å². The summed E-state index contributed by atoms with van der Waals surface area (Å²) in [7, 11) is 0. The number of hydrogen-bond donors (Lipinski definition) is 0. The Kier molecular flexibility index (Phi) is 3.13. The maximum absolute atomic E-state index is 12.7. The van der Waals surface area contributed by atoms with Crippen LogP contribution in [0.5, 0.6) is 0 Å². The first-order chi connectivity index (χ1) is 9.31. The number of carbonyl (C=O) groups excluding carboxylic acids is 1. The summed E-state index contributed by atoms with van der Waals surface area (Å²) in [5.41, 5.74) is 2.59. The van der Waals surface area contributed by atoms with Gasteiger partial charge in [0, 0.05) is 17.1 Å². The van der Waals surface area contributed by atoms with E-state index < -0.39 is 0 Å². The Bertz CT molecular complexity index is 740. The summed E-state index contributed by atoms with van der Waals surface area (Å²) in [6.45, 7) is 2.07. The minimum atomic E-state index is 0.0798. The van der Waals surface area contributed by atoms with Crippen molar-refractivity contribution in [2.24, 2.45) is 0 Å². The molecule has 2 aromatic heterocycles. The van der Waals surface area contributed by atoms with E-state index in [1.165, 1.54) is 11.3 Å². The zero-order valence-corrected chi connectivity index (χ0v) is 11.4. The highest BCUT2D eigenvalue weighted by molar-refractivity contribution is 7.12. The lowest BCUT2D eigenvalue weighted by atomic mass is 10.0. The molecule has 0 spiro atoms. The van der Waals surface area contributed by atoms with Gasteiger partial charge >= 0.3 is 0 Å². The molecule has 0 amide bonds. The van der Waals surface area contributed by atoms with E-state index in [0.717, 1.165) is 27.8 Å². The SMILES string of the molecule is CCc1ccsc1C(=O)c1cccc2cccnc12. The molecule has 0 fully saturated rings. The van der Waals surface area contributed by atoms with Gasteiger partial charge in [-0.25, -0.2) is 0 Å². The van der Waals surface area contributed by atoms with Crippen molar-refractivity contribution in [3.05, 3.63) is 64.0 Å². The summed E-state index contributed by atoms with van der Waals surface area (Å²) in [5.74, 6) is 0.0798. The fourth-order valence-corrected chi connectivity index (χ4v) is 3.17. The predicted octanol–water partition coefficient (Wildman–Crippen LogP) is 4.09. The van der Waals surface area contributed by atoms with Crippen molar-refractivity contribution in [2.75, 3.05) is 0 Å². The number of benzene rings is 1. The molecule has 0 bridgehead atoms. The number of aryl methyl sites for hydroxylation is 1. The summed E-state index contributed by atoms with van der Waals surface area (Å²) in [5, 5.41) is 2.98. The molecule has 94 valence electrons. The molecule has 0 unspecified atom stereocenters. The first-order valence-electron chi connectivity index (χ1n) is 6.26. The Labute approximate surface area is 115 Å². The van der Waals surface area contributed by atoms with Crippen molar-refractivity contribution < 1.29 is 4.79 Å². The quantitative estimate of drug-likeness (QED) is 0.669. The molecule has 1 aromatic carbocycles. The normalized spacial score (nSPS) is 10.8. The van der Waals surface area contributed by atoms with Crippen molar-refractivity contribution in [1.82, 2.24) is 4.98 Å². The number of nitrogens with zero attached hydrogens (tertiary/aromatic N) is 1. The summed E-state index contributed by atoms with van der Waals surface area (Å²) in [6.07, 6.45) is 2.61. The number of pyridine rings is 1. The zero-order valence-electron chi connectivity index (χ0n) is 10.6. The number of thiophene rings is 1. The lowest BCUT2D eigenvalue weighted by Crippen LogP contribution is -2.03. The highest BCUT2D eigenvalue weighted by Crippen LogP contribution is 2.24. The molecular weight excluding hydrogens is 254 g/mol. The van der Waals surface area contributed by atoms with E-state index >= 15 is 0 Å². The second-order valence-electron chi connectivity index (χ2n) is 4.34. The number of ketones is 1. The van der Waals surface area contributed by atoms with Gasteiger partial charge in [-0.2, -0.15) is 0 Å². The van der Waals surface area contributed by atoms with Crippen LogP contribution in [0, 0.1) is 0 Å². The third-order valence-electron chi connectivity index (χ3n) is 3.21. The molecular formula is C16H13NOS. The molecule has 0 N–H and O–H groups in total. The Morgan fingerprint density at radius 3 is 2.89 bits per heavy atom. The third-order valence-corrected chi connectivity index (χ3v) is 4.17. The van der Waals surface area contributed by atoms with Gasteiger partial charge in [0.25, 0.3) is 0 Å². The summed E-state index contributed by atoms with van der Waals surface area (Å²) in [6, 6.07) is 11.6. The second kappa shape index (κ2) is 4.94. The van der Waals surface area contributed by atoms with Gasteiger partial charge < -0.3 is 0 Å². The Morgan fingerprint density at radius 2 is 2.05 bits per heavy atom. The maximum atomic E-state index is 12.7. The van der Waals surface area contributed by atoms with Crippen LogP contribution < -0.4 is 0 Å². The van der Waals surface area contributed by atoms with Gasteiger partial charge in [-0.05, 0) is 35.6 Å². The first-order valence-corrected chi connectivity index (χ1v) is 7.14. The Balaban J connectivity index is 2.17. The molecule has 0 atom stereocenters. The van der Waals surface area contributed by atoms with Gasteiger partial charge in [0.1, 0.15) is 0 Å². The van der Waals surface area contributed by atoms with Crippen LogP contribution in [0.4, 0.5) is 0 Å². The number of fused-ring (bicyclic) bond motifs is 1. The van der Waals surface area contributed by atoms with Crippen molar-refractivity contribution >= 4 is 28.0 Å². The monoisotopic (exact) mass is 267 g/mol. The second-order valence-corrected chi connectivity index (χ2v) is 5.25. The van der Waals surface area contributed by atoms with E-state index in [1.807, 2.05) is 41.8 Å². The van der Waals surface area contributed by atoms with Crippen LogP contribution in [0.1, 0.15) is 27.7 Å². The average Bonchev–Trinajstić information content (AvgIpc) is 2.94. The zero-order chi connectivity index (χ0) is 13.2.